The summed E-state index contributed by atoms with van der Waals surface area (Å²) in [5, 5.41) is 19.6. The van der Waals surface area contributed by atoms with Crippen molar-refractivity contribution in [2.75, 3.05) is 0 Å². The van der Waals surface area contributed by atoms with Crippen LogP contribution in [0.4, 0.5) is 0 Å². The first-order valence-corrected chi connectivity index (χ1v) is 8.82. The van der Waals surface area contributed by atoms with E-state index in [-0.39, 0.29) is 13.0 Å². The van der Waals surface area contributed by atoms with Gasteiger partial charge in [-0.15, -0.1) is 11.3 Å². The van der Waals surface area contributed by atoms with Crippen LogP contribution in [-0.2, 0) is 30.7 Å². The quantitative estimate of drug-likeness (QED) is 0.880. The first kappa shape index (κ1) is 16.1. The number of carbonyl (C=O) groups is 1. The van der Waals surface area contributed by atoms with Crippen molar-refractivity contribution in [2.24, 2.45) is 5.92 Å². The summed E-state index contributed by atoms with van der Waals surface area (Å²) in [6.45, 7) is 2.21. The number of carboxylic acids is 1. The number of carboxylic acid groups (broad SMARTS) is 1. The lowest BCUT2D eigenvalue weighted by Gasteiger charge is -2.15. The molecule has 1 aliphatic carbocycles. The smallest absolute Gasteiger partial charge is 0.303 e. The summed E-state index contributed by atoms with van der Waals surface area (Å²) in [5.74, 6) is -0.118. The lowest BCUT2D eigenvalue weighted by molar-refractivity contribution is -0.136. The Kier molecular flexibility index (Phi) is 4.78. The number of aromatic nitrogens is 1. The highest BCUT2D eigenvalue weighted by atomic mass is 32.1. The number of benzene rings is 1. The number of hydrogen-bond acceptors (Lipinski definition) is 4. The molecule has 2 N–H and O–H groups in total. The molecule has 1 atom stereocenters. The lowest BCUT2D eigenvalue weighted by Crippen LogP contribution is -2.09. The largest absolute Gasteiger partial charge is 0.481 e. The molecule has 1 unspecified atom stereocenters. The molecule has 1 aromatic carbocycles. The fourth-order valence-corrected chi connectivity index (χ4v) is 4.54. The highest BCUT2D eigenvalue weighted by Gasteiger charge is 2.22. The Balaban J connectivity index is 2.02. The zero-order valence-electron chi connectivity index (χ0n) is 13.2. The van der Waals surface area contributed by atoms with Gasteiger partial charge in [-0.3, -0.25) is 4.79 Å². The van der Waals surface area contributed by atoms with E-state index in [9.17, 15) is 9.90 Å². The van der Waals surface area contributed by atoms with Gasteiger partial charge in [0.1, 0.15) is 5.01 Å². The summed E-state index contributed by atoms with van der Waals surface area (Å²) in [7, 11) is 0. The fourth-order valence-electron chi connectivity index (χ4n) is 3.16. The first-order valence-electron chi connectivity index (χ1n) is 8.01. The Morgan fingerprint density at radius 3 is 2.91 bits per heavy atom. The van der Waals surface area contributed by atoms with Crippen molar-refractivity contribution < 1.29 is 15.0 Å². The number of fused-ring (bicyclic) bond motifs is 1. The van der Waals surface area contributed by atoms with Gasteiger partial charge in [-0.05, 0) is 42.7 Å². The van der Waals surface area contributed by atoms with Crippen molar-refractivity contribution in [1.82, 2.24) is 4.98 Å². The van der Waals surface area contributed by atoms with Gasteiger partial charge in [0.05, 0.1) is 12.3 Å². The van der Waals surface area contributed by atoms with E-state index in [0.717, 1.165) is 34.5 Å². The van der Waals surface area contributed by atoms with Crippen LogP contribution in [0.2, 0.25) is 0 Å². The van der Waals surface area contributed by atoms with Gasteiger partial charge < -0.3 is 10.2 Å². The van der Waals surface area contributed by atoms with E-state index in [1.807, 2.05) is 18.2 Å². The minimum absolute atomic E-state index is 0.0586. The van der Waals surface area contributed by atoms with Gasteiger partial charge in [0.15, 0.2) is 0 Å². The van der Waals surface area contributed by atoms with Crippen LogP contribution in [0.15, 0.2) is 18.2 Å². The SMILES string of the molecule is CC1CCc2nc(-c3c(CO)cccc3CCC(=O)O)sc2C1. The highest BCUT2D eigenvalue weighted by Crippen LogP contribution is 2.37. The molecule has 23 heavy (non-hydrogen) atoms. The number of aliphatic carboxylic acids is 1. The molecule has 0 saturated carbocycles. The van der Waals surface area contributed by atoms with Gasteiger partial charge in [-0.1, -0.05) is 25.1 Å². The molecule has 122 valence electrons. The van der Waals surface area contributed by atoms with Crippen LogP contribution in [0, 0.1) is 5.92 Å². The summed E-state index contributed by atoms with van der Waals surface area (Å²) in [6.07, 6.45) is 3.80. The molecule has 5 heteroatoms. The molecular formula is C18H21NO3S. The monoisotopic (exact) mass is 331 g/mol. The molecule has 1 aliphatic rings. The number of nitrogens with zero attached hydrogens (tertiary/aromatic N) is 1. The van der Waals surface area contributed by atoms with Gasteiger partial charge in [-0.25, -0.2) is 4.98 Å². The number of aliphatic hydroxyl groups is 1. The predicted octanol–water partition coefficient (Wildman–Crippen LogP) is 3.44. The van der Waals surface area contributed by atoms with Crippen molar-refractivity contribution in [2.45, 2.75) is 45.6 Å². The van der Waals surface area contributed by atoms with Crippen molar-refractivity contribution in [3.8, 4) is 10.6 Å². The maximum atomic E-state index is 10.9. The Hall–Kier alpha value is -1.72. The van der Waals surface area contributed by atoms with Gasteiger partial charge in [-0.2, -0.15) is 0 Å². The van der Waals surface area contributed by atoms with Crippen LogP contribution in [-0.4, -0.2) is 21.2 Å². The first-order chi connectivity index (χ1) is 11.1. The van der Waals surface area contributed by atoms with E-state index in [1.54, 1.807) is 11.3 Å². The Bertz CT molecular complexity index is 723. The van der Waals surface area contributed by atoms with E-state index in [0.29, 0.717) is 12.3 Å². The summed E-state index contributed by atoms with van der Waals surface area (Å²) < 4.78 is 0. The topological polar surface area (TPSA) is 70.4 Å². The Morgan fingerprint density at radius 1 is 1.39 bits per heavy atom. The standard InChI is InChI=1S/C18H21NO3S/c1-11-5-7-14-15(9-11)23-18(19-14)17-12(6-8-16(21)22)3-2-4-13(17)10-20/h2-4,11,20H,5-10H2,1H3,(H,21,22). The van der Waals surface area contributed by atoms with Crippen LogP contribution in [0.25, 0.3) is 10.6 Å². The van der Waals surface area contributed by atoms with Gasteiger partial charge in [0.25, 0.3) is 0 Å². The van der Waals surface area contributed by atoms with Crippen LogP contribution < -0.4 is 0 Å². The third kappa shape index (κ3) is 3.46. The molecule has 0 fully saturated rings. The Labute approximate surface area is 139 Å². The maximum Gasteiger partial charge on any atom is 0.303 e. The van der Waals surface area contributed by atoms with E-state index in [4.69, 9.17) is 10.1 Å². The third-order valence-electron chi connectivity index (χ3n) is 4.42. The summed E-state index contributed by atoms with van der Waals surface area (Å²) in [6, 6.07) is 5.71. The number of rotatable bonds is 5. The van der Waals surface area contributed by atoms with Crippen LogP contribution >= 0.6 is 11.3 Å². The van der Waals surface area contributed by atoms with Crippen LogP contribution in [0.3, 0.4) is 0 Å². The molecule has 1 aromatic heterocycles. The zero-order chi connectivity index (χ0) is 16.4. The molecule has 1 heterocycles. The summed E-state index contributed by atoms with van der Waals surface area (Å²) in [4.78, 5) is 17.1. The average molecular weight is 331 g/mol. The molecule has 4 nitrogen and oxygen atoms in total. The van der Waals surface area contributed by atoms with Crippen molar-refractivity contribution in [3.63, 3.8) is 0 Å². The number of thiazole rings is 1. The summed E-state index contributed by atoms with van der Waals surface area (Å²) in [5.41, 5.74) is 3.90. The molecule has 0 spiro atoms. The van der Waals surface area contributed by atoms with Crippen LogP contribution in [0.1, 0.15) is 41.5 Å². The van der Waals surface area contributed by atoms with E-state index >= 15 is 0 Å². The predicted molar refractivity (Wildman–Crippen MR) is 90.6 cm³/mol. The molecule has 0 bridgehead atoms. The lowest BCUT2D eigenvalue weighted by atomic mass is 9.93. The van der Waals surface area contributed by atoms with Crippen molar-refractivity contribution in [1.29, 1.82) is 0 Å². The maximum absolute atomic E-state index is 10.9. The second-order valence-electron chi connectivity index (χ2n) is 6.24. The number of aliphatic hydroxyl groups excluding tert-OH is 1. The summed E-state index contributed by atoms with van der Waals surface area (Å²) >= 11 is 1.70. The van der Waals surface area contributed by atoms with Crippen molar-refractivity contribution >= 4 is 17.3 Å². The minimum atomic E-state index is -0.808. The molecular weight excluding hydrogens is 310 g/mol. The highest BCUT2D eigenvalue weighted by molar-refractivity contribution is 7.15. The average Bonchev–Trinajstić information content (AvgIpc) is 2.94. The second kappa shape index (κ2) is 6.81. The molecule has 0 radical (unpaired) electrons. The van der Waals surface area contributed by atoms with Gasteiger partial charge in [0.2, 0.25) is 0 Å². The number of aryl methyl sites for hydroxylation is 2. The van der Waals surface area contributed by atoms with E-state index in [1.165, 1.54) is 17.0 Å². The molecule has 2 aromatic rings. The molecule has 3 rings (SSSR count). The second-order valence-corrected chi connectivity index (χ2v) is 7.32. The normalized spacial score (nSPS) is 17.0. The molecule has 0 aliphatic heterocycles. The molecule has 0 saturated heterocycles. The minimum Gasteiger partial charge on any atom is -0.481 e. The van der Waals surface area contributed by atoms with Gasteiger partial charge in [0, 0.05) is 16.9 Å². The zero-order valence-corrected chi connectivity index (χ0v) is 14.0. The Morgan fingerprint density at radius 2 is 2.17 bits per heavy atom. The number of hydrogen-bond donors (Lipinski definition) is 2. The van der Waals surface area contributed by atoms with Crippen LogP contribution in [0.5, 0.6) is 0 Å². The van der Waals surface area contributed by atoms with Crippen molar-refractivity contribution in [3.05, 3.63) is 39.9 Å². The molecule has 0 amide bonds. The van der Waals surface area contributed by atoms with E-state index < -0.39 is 5.97 Å². The van der Waals surface area contributed by atoms with Gasteiger partial charge >= 0.3 is 5.97 Å². The fraction of sp³-hybridized carbons (Fsp3) is 0.444. The van der Waals surface area contributed by atoms with E-state index in [2.05, 4.69) is 6.92 Å². The third-order valence-corrected chi connectivity index (χ3v) is 5.55.